The van der Waals surface area contributed by atoms with Crippen molar-refractivity contribution in [2.24, 2.45) is 0 Å². The molecule has 0 aliphatic carbocycles. The molecule has 1 aromatic carbocycles. The molecule has 1 aliphatic heterocycles. The van der Waals surface area contributed by atoms with Gasteiger partial charge in [-0.15, -0.1) is 0 Å². The van der Waals surface area contributed by atoms with Gasteiger partial charge in [0.1, 0.15) is 0 Å². The van der Waals surface area contributed by atoms with Crippen molar-refractivity contribution in [3.63, 3.8) is 0 Å². The molecule has 1 heterocycles. The van der Waals surface area contributed by atoms with E-state index in [4.69, 9.17) is 0 Å². The number of nitrogens with one attached hydrogen (secondary N) is 1. The largest absolute Gasteiger partial charge is 0.323 e. The highest BCUT2D eigenvalue weighted by Gasteiger charge is 2.38. The number of nitrogens with zero attached hydrogens (tertiary/aromatic N) is 1. The van der Waals surface area contributed by atoms with Gasteiger partial charge in [0.25, 0.3) is 0 Å². The molecular weight excluding hydrogens is 312 g/mol. The smallest absolute Gasteiger partial charge is 0.321 e. The van der Waals surface area contributed by atoms with Gasteiger partial charge in [0.05, 0.1) is 10.5 Å². The van der Waals surface area contributed by atoms with Gasteiger partial charge in [0.2, 0.25) is 0 Å². The number of amides is 2. The lowest BCUT2D eigenvalue weighted by Gasteiger charge is -2.23. The van der Waals surface area contributed by atoms with Crippen LogP contribution < -0.4 is 5.32 Å². The molecule has 0 unspecified atom stereocenters. The average Bonchev–Trinajstić information content (AvgIpc) is 2.58. The molecule has 128 valence electrons. The Morgan fingerprint density at radius 3 is 2.65 bits per heavy atom. The van der Waals surface area contributed by atoms with Crippen LogP contribution in [0.2, 0.25) is 0 Å². The Balaban J connectivity index is 2.10. The number of hydrogen-bond acceptors (Lipinski definition) is 3. The zero-order valence-electron chi connectivity index (χ0n) is 14.1. The molecule has 0 saturated carbocycles. The average molecular weight is 338 g/mol. The van der Waals surface area contributed by atoms with E-state index in [9.17, 15) is 13.2 Å². The molecule has 1 fully saturated rings. The Hall–Kier alpha value is -1.56. The molecule has 6 heteroatoms. The van der Waals surface area contributed by atoms with Crippen LogP contribution in [0, 0.1) is 0 Å². The Morgan fingerprint density at radius 1 is 1.26 bits per heavy atom. The maximum atomic E-state index is 12.5. The molecule has 23 heavy (non-hydrogen) atoms. The fraction of sp³-hybridized carbons (Fsp3) is 0.588. The van der Waals surface area contributed by atoms with Crippen molar-refractivity contribution in [1.82, 2.24) is 4.90 Å². The maximum Gasteiger partial charge on any atom is 0.321 e. The van der Waals surface area contributed by atoms with Gasteiger partial charge in [-0.3, -0.25) is 0 Å². The van der Waals surface area contributed by atoms with E-state index in [2.05, 4.69) is 12.2 Å². The zero-order valence-corrected chi connectivity index (χ0v) is 14.9. The summed E-state index contributed by atoms with van der Waals surface area (Å²) >= 11 is 0. The second-order valence-electron chi connectivity index (χ2n) is 6.65. The highest BCUT2D eigenvalue weighted by atomic mass is 32.2. The van der Waals surface area contributed by atoms with Gasteiger partial charge in [-0.05, 0) is 38.3 Å². The highest BCUT2D eigenvalue weighted by molar-refractivity contribution is 7.92. The van der Waals surface area contributed by atoms with Gasteiger partial charge in [-0.2, -0.15) is 0 Å². The van der Waals surface area contributed by atoms with Crippen LogP contribution >= 0.6 is 0 Å². The van der Waals surface area contributed by atoms with Crippen molar-refractivity contribution in [3.8, 4) is 0 Å². The van der Waals surface area contributed by atoms with E-state index in [1.807, 2.05) is 24.3 Å². The van der Waals surface area contributed by atoms with Crippen molar-refractivity contribution in [1.29, 1.82) is 0 Å². The van der Waals surface area contributed by atoms with Gasteiger partial charge in [-0.1, -0.05) is 31.5 Å². The van der Waals surface area contributed by atoms with Gasteiger partial charge >= 0.3 is 6.03 Å². The topological polar surface area (TPSA) is 66.5 Å². The third-order valence-electron chi connectivity index (χ3n) is 4.52. The van der Waals surface area contributed by atoms with Crippen LogP contribution in [-0.2, 0) is 16.3 Å². The zero-order chi connectivity index (χ0) is 17.1. The van der Waals surface area contributed by atoms with Crippen LogP contribution in [-0.4, -0.2) is 42.9 Å². The second-order valence-corrected chi connectivity index (χ2v) is 9.40. The van der Waals surface area contributed by atoms with Crippen molar-refractivity contribution in [2.75, 3.05) is 24.2 Å². The third-order valence-corrected chi connectivity index (χ3v) is 7.13. The number of sulfone groups is 1. The lowest BCUT2D eigenvalue weighted by molar-refractivity contribution is 0.214. The van der Waals surface area contributed by atoms with E-state index < -0.39 is 14.6 Å². The quantitative estimate of drug-likeness (QED) is 0.921. The van der Waals surface area contributed by atoms with Crippen LogP contribution in [0.1, 0.15) is 39.2 Å². The molecule has 0 radical (unpaired) electrons. The van der Waals surface area contributed by atoms with Crippen molar-refractivity contribution in [2.45, 2.75) is 44.8 Å². The first-order chi connectivity index (χ1) is 10.8. The van der Waals surface area contributed by atoms with E-state index in [-0.39, 0.29) is 18.3 Å². The summed E-state index contributed by atoms with van der Waals surface area (Å²) in [6, 6.07) is 7.53. The predicted octanol–water partition coefficient (Wildman–Crippen LogP) is 3.07. The molecule has 0 bridgehead atoms. The Kier molecular flexibility index (Phi) is 5.34. The standard InChI is InChI=1S/C17H26N2O3S/c1-4-7-14-8-5-6-9-15(14)18-16(20)19-11-10-17(2,3)23(21,22)13-12-19/h5-6,8-9H,4,7,10-13H2,1-3H3,(H,18,20). The molecular formula is C17H26N2O3S. The van der Waals surface area contributed by atoms with E-state index >= 15 is 0 Å². The highest BCUT2D eigenvalue weighted by Crippen LogP contribution is 2.25. The maximum absolute atomic E-state index is 12.5. The minimum absolute atomic E-state index is 0.0179. The molecule has 1 N–H and O–H groups in total. The summed E-state index contributed by atoms with van der Waals surface area (Å²) in [4.78, 5) is 14.1. The first-order valence-electron chi connectivity index (χ1n) is 8.13. The van der Waals surface area contributed by atoms with E-state index in [0.29, 0.717) is 13.0 Å². The van der Waals surface area contributed by atoms with Crippen LogP contribution in [0.5, 0.6) is 0 Å². The molecule has 1 saturated heterocycles. The van der Waals surface area contributed by atoms with Crippen LogP contribution in [0.4, 0.5) is 10.5 Å². The minimum Gasteiger partial charge on any atom is -0.323 e. The molecule has 1 aromatic rings. The molecule has 2 rings (SSSR count). The summed E-state index contributed by atoms with van der Waals surface area (Å²) in [5.41, 5.74) is 1.91. The first-order valence-corrected chi connectivity index (χ1v) is 9.78. The fourth-order valence-electron chi connectivity index (χ4n) is 2.71. The number of hydrogen-bond donors (Lipinski definition) is 1. The number of carbonyl (C=O) groups is 1. The number of rotatable bonds is 3. The van der Waals surface area contributed by atoms with Crippen molar-refractivity contribution >= 4 is 21.6 Å². The monoisotopic (exact) mass is 338 g/mol. The SMILES string of the molecule is CCCc1ccccc1NC(=O)N1CCC(C)(C)S(=O)(=O)CC1. The fourth-order valence-corrected chi connectivity index (χ4v) is 4.12. The third kappa shape index (κ3) is 4.05. The minimum atomic E-state index is -3.18. The normalized spacial score (nSPS) is 19.9. The summed E-state index contributed by atoms with van der Waals surface area (Å²) in [6.45, 7) is 6.27. The van der Waals surface area contributed by atoms with Gasteiger partial charge in [-0.25, -0.2) is 13.2 Å². The number of para-hydroxylation sites is 1. The lowest BCUT2D eigenvalue weighted by atomic mass is 10.1. The van der Waals surface area contributed by atoms with Crippen molar-refractivity contribution in [3.05, 3.63) is 29.8 Å². The van der Waals surface area contributed by atoms with Crippen molar-refractivity contribution < 1.29 is 13.2 Å². The first kappa shape index (κ1) is 17.8. The molecule has 2 amide bonds. The Bertz CT molecular complexity index is 668. The van der Waals surface area contributed by atoms with Gasteiger partial charge in [0.15, 0.2) is 9.84 Å². The summed E-state index contributed by atoms with van der Waals surface area (Å²) in [5.74, 6) is 0.0179. The van der Waals surface area contributed by atoms with E-state index in [1.54, 1.807) is 18.7 Å². The van der Waals surface area contributed by atoms with Crippen LogP contribution in [0.15, 0.2) is 24.3 Å². The number of anilines is 1. The molecule has 5 nitrogen and oxygen atoms in total. The molecule has 0 aromatic heterocycles. The lowest BCUT2D eigenvalue weighted by Crippen LogP contribution is -2.37. The predicted molar refractivity (Wildman–Crippen MR) is 93.5 cm³/mol. The molecule has 0 atom stereocenters. The number of benzene rings is 1. The Labute approximate surface area is 139 Å². The van der Waals surface area contributed by atoms with Gasteiger partial charge < -0.3 is 10.2 Å². The number of urea groups is 1. The molecule has 1 aliphatic rings. The summed E-state index contributed by atoms with van der Waals surface area (Å²) < 4.78 is 23.7. The van der Waals surface area contributed by atoms with E-state index in [0.717, 1.165) is 24.1 Å². The molecule has 0 spiro atoms. The van der Waals surface area contributed by atoms with E-state index in [1.165, 1.54) is 0 Å². The van der Waals surface area contributed by atoms with Crippen LogP contribution in [0.25, 0.3) is 0 Å². The number of aryl methyl sites for hydroxylation is 1. The summed E-state index contributed by atoms with van der Waals surface area (Å²) in [6.07, 6.45) is 2.36. The van der Waals surface area contributed by atoms with Crippen LogP contribution in [0.3, 0.4) is 0 Å². The number of carbonyl (C=O) groups excluding carboxylic acids is 1. The summed E-state index contributed by atoms with van der Waals surface area (Å²) in [7, 11) is -3.18. The Morgan fingerprint density at radius 2 is 1.96 bits per heavy atom. The van der Waals surface area contributed by atoms with Gasteiger partial charge in [0, 0.05) is 18.8 Å². The summed E-state index contributed by atoms with van der Waals surface area (Å²) in [5, 5.41) is 2.94. The second kappa shape index (κ2) is 6.91.